The first kappa shape index (κ1) is 18.4. The molecule has 1 atom stereocenters. The zero-order chi connectivity index (χ0) is 15.9. The second-order valence-corrected chi connectivity index (χ2v) is 7.96. The van der Waals surface area contributed by atoms with E-state index in [0.29, 0.717) is 13.1 Å². The van der Waals surface area contributed by atoms with Crippen LogP contribution in [0, 0.1) is 5.92 Å². The molecule has 1 fully saturated rings. The van der Waals surface area contributed by atoms with Crippen molar-refractivity contribution in [3.05, 3.63) is 0 Å². The van der Waals surface area contributed by atoms with E-state index in [0.717, 1.165) is 19.4 Å². The van der Waals surface area contributed by atoms with Gasteiger partial charge in [-0.2, -0.15) is 0 Å². The van der Waals surface area contributed by atoms with Gasteiger partial charge < -0.3 is 10.1 Å². The van der Waals surface area contributed by atoms with Gasteiger partial charge in [-0.05, 0) is 32.2 Å². The molecule has 0 aliphatic carbocycles. The van der Waals surface area contributed by atoms with Crippen LogP contribution in [0.2, 0.25) is 0 Å². The van der Waals surface area contributed by atoms with Gasteiger partial charge in [-0.15, -0.1) is 0 Å². The number of hydrogen-bond acceptors (Lipinski definition) is 5. The quantitative estimate of drug-likeness (QED) is 0.641. The Hall–Kier alpha value is -0.660. The van der Waals surface area contributed by atoms with Crippen LogP contribution in [0.4, 0.5) is 0 Å². The summed E-state index contributed by atoms with van der Waals surface area (Å²) in [5.41, 5.74) is 0. The molecule has 1 aliphatic heterocycles. The lowest BCUT2D eigenvalue weighted by atomic mass is 10.2. The molecule has 124 valence electrons. The molecule has 0 spiro atoms. The largest absolute Gasteiger partial charge is 0.466 e. The number of nitrogens with zero attached hydrogens (tertiary/aromatic N) is 1. The maximum atomic E-state index is 12.5. The van der Waals surface area contributed by atoms with Gasteiger partial charge in [-0.3, -0.25) is 4.79 Å². The van der Waals surface area contributed by atoms with Gasteiger partial charge in [0.2, 0.25) is 10.0 Å². The molecule has 1 saturated heterocycles. The predicted octanol–water partition coefficient (Wildman–Crippen LogP) is 0.979. The molecule has 0 radical (unpaired) electrons. The maximum Gasteiger partial charge on any atom is 0.306 e. The van der Waals surface area contributed by atoms with Crippen LogP contribution in [0.15, 0.2) is 0 Å². The van der Waals surface area contributed by atoms with Crippen LogP contribution in [0.25, 0.3) is 0 Å². The van der Waals surface area contributed by atoms with E-state index >= 15 is 0 Å². The Balaban J connectivity index is 2.63. The fourth-order valence-corrected chi connectivity index (χ4v) is 4.06. The number of nitrogens with one attached hydrogen (secondary N) is 1. The van der Waals surface area contributed by atoms with Crippen LogP contribution in [0.3, 0.4) is 0 Å². The average molecular weight is 320 g/mol. The van der Waals surface area contributed by atoms with Gasteiger partial charge in [0.05, 0.1) is 18.8 Å². The highest BCUT2D eigenvalue weighted by molar-refractivity contribution is 7.89. The lowest BCUT2D eigenvalue weighted by Crippen LogP contribution is -2.44. The molecule has 0 aromatic rings. The smallest absolute Gasteiger partial charge is 0.306 e. The van der Waals surface area contributed by atoms with Crippen LogP contribution in [-0.2, 0) is 19.6 Å². The minimum Gasteiger partial charge on any atom is -0.466 e. The van der Waals surface area contributed by atoms with Crippen LogP contribution in [-0.4, -0.2) is 56.7 Å². The van der Waals surface area contributed by atoms with Crippen LogP contribution in [0.5, 0.6) is 0 Å². The second-order valence-electron chi connectivity index (χ2n) is 5.88. The normalized spacial score (nSPS) is 19.4. The zero-order valence-corrected chi connectivity index (χ0v) is 14.1. The fraction of sp³-hybridized carbons (Fsp3) is 0.929. The van der Waals surface area contributed by atoms with Gasteiger partial charge in [0.1, 0.15) is 0 Å². The van der Waals surface area contributed by atoms with Gasteiger partial charge in [0.25, 0.3) is 0 Å². The lowest BCUT2D eigenvalue weighted by Gasteiger charge is -2.26. The van der Waals surface area contributed by atoms with E-state index < -0.39 is 16.0 Å². The van der Waals surface area contributed by atoms with Crippen molar-refractivity contribution in [2.75, 3.05) is 32.0 Å². The second kappa shape index (κ2) is 8.70. The maximum absolute atomic E-state index is 12.5. The summed E-state index contributed by atoms with van der Waals surface area (Å²) in [6, 6.07) is 0.223. The standard InChI is InChI=1S/C14H28N2O4S/c1-4-20-14(17)7-9-21(18,19)16(10-12(2)3)11-13-6-5-8-15-13/h12-13,15H,4-11H2,1-3H3. The van der Waals surface area contributed by atoms with E-state index in [4.69, 9.17) is 4.74 Å². The van der Waals surface area contributed by atoms with Crippen molar-refractivity contribution in [2.24, 2.45) is 5.92 Å². The molecular weight excluding hydrogens is 292 g/mol. The van der Waals surface area contributed by atoms with Crippen molar-refractivity contribution in [1.29, 1.82) is 0 Å². The first-order valence-corrected chi connectivity index (χ1v) is 9.33. The molecule has 0 saturated carbocycles. The lowest BCUT2D eigenvalue weighted by molar-refractivity contribution is -0.142. The zero-order valence-electron chi connectivity index (χ0n) is 13.3. The van der Waals surface area contributed by atoms with Crippen molar-refractivity contribution in [1.82, 2.24) is 9.62 Å². The van der Waals surface area contributed by atoms with Crippen LogP contribution >= 0.6 is 0 Å². The Bertz CT molecular complexity index is 417. The van der Waals surface area contributed by atoms with Crippen molar-refractivity contribution in [3.8, 4) is 0 Å². The van der Waals surface area contributed by atoms with E-state index in [2.05, 4.69) is 5.32 Å². The molecule has 7 heteroatoms. The number of carbonyl (C=O) groups excluding carboxylic acids is 1. The Kier molecular flexibility index (Phi) is 7.62. The van der Waals surface area contributed by atoms with Gasteiger partial charge >= 0.3 is 5.97 Å². The molecule has 1 aliphatic rings. The third kappa shape index (κ3) is 6.76. The highest BCUT2D eigenvalue weighted by Gasteiger charge is 2.27. The topological polar surface area (TPSA) is 75.7 Å². The summed E-state index contributed by atoms with van der Waals surface area (Å²) in [6.07, 6.45) is 2.01. The van der Waals surface area contributed by atoms with Crippen molar-refractivity contribution in [2.45, 2.75) is 46.1 Å². The van der Waals surface area contributed by atoms with Gasteiger partial charge in [-0.25, -0.2) is 12.7 Å². The Morgan fingerprint density at radius 2 is 2.14 bits per heavy atom. The monoisotopic (exact) mass is 320 g/mol. The molecule has 0 bridgehead atoms. The third-order valence-corrected chi connectivity index (χ3v) is 5.22. The summed E-state index contributed by atoms with van der Waals surface area (Å²) in [5, 5.41) is 3.32. The number of carbonyl (C=O) groups is 1. The minimum atomic E-state index is -3.43. The van der Waals surface area contributed by atoms with E-state index in [1.807, 2.05) is 13.8 Å². The summed E-state index contributed by atoms with van der Waals surface area (Å²) < 4.78 is 31.2. The molecule has 1 N–H and O–H groups in total. The van der Waals surface area contributed by atoms with E-state index in [1.54, 1.807) is 6.92 Å². The Morgan fingerprint density at radius 1 is 1.43 bits per heavy atom. The van der Waals surface area contributed by atoms with E-state index in [9.17, 15) is 13.2 Å². The molecule has 1 heterocycles. The number of hydrogen-bond donors (Lipinski definition) is 1. The number of esters is 1. The van der Waals surface area contributed by atoms with Gasteiger partial charge in [-0.1, -0.05) is 13.8 Å². The summed E-state index contributed by atoms with van der Waals surface area (Å²) >= 11 is 0. The van der Waals surface area contributed by atoms with Gasteiger partial charge in [0.15, 0.2) is 0 Å². The highest BCUT2D eigenvalue weighted by Crippen LogP contribution is 2.13. The Morgan fingerprint density at radius 3 is 2.67 bits per heavy atom. The molecule has 0 aromatic heterocycles. The molecule has 1 rings (SSSR count). The highest BCUT2D eigenvalue weighted by atomic mass is 32.2. The molecule has 1 unspecified atom stereocenters. The average Bonchev–Trinajstić information content (AvgIpc) is 2.88. The van der Waals surface area contributed by atoms with E-state index in [1.165, 1.54) is 4.31 Å². The Labute approximate surface area is 128 Å². The predicted molar refractivity (Wildman–Crippen MR) is 82.5 cm³/mol. The number of sulfonamides is 1. The molecule has 0 aromatic carbocycles. The summed E-state index contributed by atoms with van der Waals surface area (Å²) in [4.78, 5) is 11.4. The van der Waals surface area contributed by atoms with Crippen molar-refractivity contribution in [3.63, 3.8) is 0 Å². The first-order valence-electron chi connectivity index (χ1n) is 7.72. The number of rotatable bonds is 9. The van der Waals surface area contributed by atoms with Crippen LogP contribution < -0.4 is 5.32 Å². The van der Waals surface area contributed by atoms with Gasteiger partial charge in [0, 0.05) is 19.1 Å². The molecule has 21 heavy (non-hydrogen) atoms. The first-order chi connectivity index (χ1) is 9.85. The van der Waals surface area contributed by atoms with Crippen molar-refractivity contribution < 1.29 is 17.9 Å². The minimum absolute atomic E-state index is 0.0805. The van der Waals surface area contributed by atoms with E-state index in [-0.39, 0.29) is 30.7 Å². The molecular formula is C14H28N2O4S. The van der Waals surface area contributed by atoms with Crippen LogP contribution in [0.1, 0.15) is 40.0 Å². The SMILES string of the molecule is CCOC(=O)CCS(=O)(=O)N(CC(C)C)CC1CCCN1. The fourth-order valence-electron chi connectivity index (χ4n) is 2.44. The molecule has 6 nitrogen and oxygen atoms in total. The number of ether oxygens (including phenoxy) is 1. The third-order valence-electron chi connectivity index (χ3n) is 3.42. The van der Waals surface area contributed by atoms with Crippen molar-refractivity contribution >= 4 is 16.0 Å². The summed E-state index contributed by atoms with van der Waals surface area (Å²) in [7, 11) is -3.43. The molecule has 0 amide bonds. The summed E-state index contributed by atoms with van der Waals surface area (Å²) in [5.74, 6) is -0.376. The summed E-state index contributed by atoms with van der Waals surface area (Å²) in [6.45, 7) is 7.91.